The average molecular weight is 424 g/mol. The summed E-state index contributed by atoms with van der Waals surface area (Å²) in [6.45, 7) is 0.315. The Kier molecular flexibility index (Phi) is 6.66. The second-order valence-corrected chi connectivity index (χ2v) is 8.50. The Balaban J connectivity index is 1.57. The maximum absolute atomic E-state index is 13.9. The Morgan fingerprint density at radius 3 is 2.58 bits per heavy atom. The first-order valence-corrected chi connectivity index (χ1v) is 11.0. The molecule has 5 nitrogen and oxygen atoms in total. The maximum atomic E-state index is 13.9. The molecule has 1 saturated carbocycles. The van der Waals surface area contributed by atoms with Crippen molar-refractivity contribution < 1.29 is 13.9 Å². The molecule has 1 heterocycles. The van der Waals surface area contributed by atoms with E-state index in [1.807, 2.05) is 37.4 Å². The highest BCUT2D eigenvalue weighted by Crippen LogP contribution is 2.34. The second kappa shape index (κ2) is 9.60. The van der Waals surface area contributed by atoms with Gasteiger partial charge in [-0.05, 0) is 67.4 Å². The third-order valence-corrected chi connectivity index (χ3v) is 6.41. The summed E-state index contributed by atoms with van der Waals surface area (Å²) < 4.78 is 19.2. The van der Waals surface area contributed by atoms with Crippen LogP contribution >= 0.6 is 0 Å². The molecule has 1 unspecified atom stereocenters. The van der Waals surface area contributed by atoms with Crippen LogP contribution in [-0.4, -0.2) is 48.3 Å². The lowest BCUT2D eigenvalue weighted by Gasteiger charge is -2.32. The minimum Gasteiger partial charge on any atom is -0.497 e. The molecule has 0 N–H and O–H groups in total. The van der Waals surface area contributed by atoms with Gasteiger partial charge in [0.15, 0.2) is 0 Å². The van der Waals surface area contributed by atoms with Crippen LogP contribution in [-0.2, 0) is 4.79 Å². The van der Waals surface area contributed by atoms with E-state index in [4.69, 9.17) is 9.84 Å². The number of halogens is 1. The lowest BCUT2D eigenvalue weighted by molar-refractivity contribution is -0.134. The van der Waals surface area contributed by atoms with Crippen molar-refractivity contribution in [3.8, 4) is 5.75 Å². The van der Waals surface area contributed by atoms with Gasteiger partial charge >= 0.3 is 0 Å². The van der Waals surface area contributed by atoms with Crippen molar-refractivity contribution in [2.45, 2.75) is 50.6 Å². The van der Waals surface area contributed by atoms with Gasteiger partial charge in [0.25, 0.3) is 5.91 Å². The molecule has 2 aliphatic rings. The maximum Gasteiger partial charge on any atom is 0.257 e. The number of ether oxygens (including phenoxy) is 1. The molecule has 1 aliphatic carbocycles. The molecule has 4 rings (SSSR count). The average Bonchev–Trinajstić information content (AvgIpc) is 3.25. The standard InChI is InChI=1S/C25H30FN3O2/c1-28(21-9-4-3-5-10-21)17-25(30)29-24(19-7-6-8-20(26)15-19)16-23(27-29)18-11-13-22(31-2)14-12-18/h6-8,11-15,21,24H,3-5,9-10,16-17H2,1-2H3. The fraction of sp³-hybridized carbons (Fsp3) is 0.440. The molecule has 1 atom stereocenters. The molecule has 0 saturated heterocycles. The van der Waals surface area contributed by atoms with Crippen LogP contribution in [0.3, 0.4) is 0 Å². The molecule has 0 aromatic heterocycles. The van der Waals surface area contributed by atoms with E-state index in [1.54, 1.807) is 18.2 Å². The summed E-state index contributed by atoms with van der Waals surface area (Å²) in [6, 6.07) is 14.3. The molecule has 1 aliphatic heterocycles. The van der Waals surface area contributed by atoms with Crippen molar-refractivity contribution in [1.29, 1.82) is 0 Å². The van der Waals surface area contributed by atoms with E-state index >= 15 is 0 Å². The van der Waals surface area contributed by atoms with Gasteiger partial charge < -0.3 is 4.74 Å². The second-order valence-electron chi connectivity index (χ2n) is 8.50. The number of hydrogen-bond donors (Lipinski definition) is 0. The van der Waals surface area contributed by atoms with Gasteiger partial charge in [-0.1, -0.05) is 31.4 Å². The molecule has 1 fully saturated rings. The third-order valence-electron chi connectivity index (χ3n) is 6.41. The number of hydrazone groups is 1. The van der Waals surface area contributed by atoms with E-state index in [1.165, 1.54) is 31.4 Å². The Labute approximate surface area is 183 Å². The van der Waals surface area contributed by atoms with Gasteiger partial charge in [-0.15, -0.1) is 0 Å². The van der Waals surface area contributed by atoms with Crippen molar-refractivity contribution in [1.82, 2.24) is 9.91 Å². The number of amides is 1. The zero-order valence-electron chi connectivity index (χ0n) is 18.3. The van der Waals surface area contributed by atoms with Crippen LogP contribution in [0.2, 0.25) is 0 Å². The molecule has 1 amide bonds. The number of carbonyl (C=O) groups is 1. The van der Waals surface area contributed by atoms with Crippen LogP contribution in [0.5, 0.6) is 5.75 Å². The SMILES string of the molecule is COc1ccc(C2=NN(C(=O)CN(C)C3CCCCC3)C(c3cccc(F)c3)C2)cc1. The van der Waals surface area contributed by atoms with Crippen LogP contribution in [0.25, 0.3) is 0 Å². The Morgan fingerprint density at radius 2 is 1.90 bits per heavy atom. The molecule has 6 heteroatoms. The number of rotatable bonds is 6. The van der Waals surface area contributed by atoms with Crippen molar-refractivity contribution in [2.24, 2.45) is 5.10 Å². The molecular formula is C25H30FN3O2. The smallest absolute Gasteiger partial charge is 0.257 e. The summed E-state index contributed by atoms with van der Waals surface area (Å²) in [5.41, 5.74) is 2.53. The highest BCUT2D eigenvalue weighted by Gasteiger charge is 2.34. The summed E-state index contributed by atoms with van der Waals surface area (Å²) in [4.78, 5) is 15.5. The molecule has 2 aromatic rings. The summed E-state index contributed by atoms with van der Waals surface area (Å²) in [5.74, 6) is 0.416. The largest absolute Gasteiger partial charge is 0.497 e. The van der Waals surface area contributed by atoms with Crippen LogP contribution in [0.15, 0.2) is 53.6 Å². The Morgan fingerprint density at radius 1 is 1.16 bits per heavy atom. The van der Waals surface area contributed by atoms with Gasteiger partial charge in [0, 0.05) is 12.5 Å². The zero-order valence-corrected chi connectivity index (χ0v) is 18.3. The zero-order chi connectivity index (χ0) is 21.8. The topological polar surface area (TPSA) is 45.1 Å². The van der Waals surface area contributed by atoms with Crippen molar-refractivity contribution >= 4 is 11.6 Å². The fourth-order valence-electron chi connectivity index (χ4n) is 4.61. The van der Waals surface area contributed by atoms with E-state index in [-0.39, 0.29) is 17.8 Å². The Hall–Kier alpha value is -2.73. The lowest BCUT2D eigenvalue weighted by atomic mass is 9.94. The predicted octanol–water partition coefficient (Wildman–Crippen LogP) is 4.78. The van der Waals surface area contributed by atoms with Gasteiger partial charge in [0.1, 0.15) is 11.6 Å². The molecule has 31 heavy (non-hydrogen) atoms. The van der Waals surface area contributed by atoms with Crippen LogP contribution in [0.4, 0.5) is 4.39 Å². The van der Waals surface area contributed by atoms with Crippen molar-refractivity contribution in [3.05, 3.63) is 65.5 Å². The van der Waals surface area contributed by atoms with Gasteiger partial charge in [-0.3, -0.25) is 9.69 Å². The number of likely N-dealkylation sites (N-methyl/N-ethyl adjacent to an activating group) is 1. The number of hydrogen-bond acceptors (Lipinski definition) is 4. The van der Waals surface area contributed by atoms with E-state index in [2.05, 4.69) is 4.90 Å². The summed E-state index contributed by atoms with van der Waals surface area (Å²) in [5, 5.41) is 6.27. The van der Waals surface area contributed by atoms with Crippen LogP contribution in [0, 0.1) is 5.82 Å². The summed E-state index contributed by atoms with van der Waals surface area (Å²) in [7, 11) is 3.65. The molecule has 0 bridgehead atoms. The summed E-state index contributed by atoms with van der Waals surface area (Å²) in [6.07, 6.45) is 6.54. The minimum atomic E-state index is -0.306. The lowest BCUT2D eigenvalue weighted by Crippen LogP contribution is -2.42. The number of methoxy groups -OCH3 is 1. The quantitative estimate of drug-likeness (QED) is 0.672. The summed E-state index contributed by atoms with van der Waals surface area (Å²) >= 11 is 0. The Bertz CT molecular complexity index is 938. The number of carbonyl (C=O) groups excluding carboxylic acids is 1. The van der Waals surface area contributed by atoms with E-state index in [0.29, 0.717) is 19.0 Å². The van der Waals surface area contributed by atoms with Gasteiger partial charge in [0.05, 0.1) is 25.4 Å². The molecule has 0 spiro atoms. The van der Waals surface area contributed by atoms with E-state index in [9.17, 15) is 9.18 Å². The molecular weight excluding hydrogens is 393 g/mol. The first-order valence-electron chi connectivity index (χ1n) is 11.0. The van der Waals surface area contributed by atoms with Gasteiger partial charge in [-0.2, -0.15) is 5.10 Å². The molecule has 164 valence electrons. The highest BCUT2D eigenvalue weighted by atomic mass is 19.1. The van der Waals surface area contributed by atoms with Gasteiger partial charge in [-0.25, -0.2) is 9.40 Å². The molecule has 2 aromatic carbocycles. The van der Waals surface area contributed by atoms with E-state index in [0.717, 1.165) is 35.4 Å². The highest BCUT2D eigenvalue weighted by molar-refractivity contribution is 6.03. The first kappa shape index (κ1) is 21.5. The van der Waals surface area contributed by atoms with Crippen LogP contribution < -0.4 is 4.74 Å². The van der Waals surface area contributed by atoms with Crippen molar-refractivity contribution in [2.75, 3.05) is 20.7 Å². The molecule has 0 radical (unpaired) electrons. The number of benzene rings is 2. The third kappa shape index (κ3) is 4.96. The normalized spacial score (nSPS) is 19.5. The van der Waals surface area contributed by atoms with Crippen molar-refractivity contribution in [3.63, 3.8) is 0 Å². The van der Waals surface area contributed by atoms with Crippen LogP contribution in [0.1, 0.15) is 55.7 Å². The fourth-order valence-corrected chi connectivity index (χ4v) is 4.61. The van der Waals surface area contributed by atoms with Gasteiger partial charge in [0.2, 0.25) is 0 Å². The predicted molar refractivity (Wildman–Crippen MR) is 120 cm³/mol. The minimum absolute atomic E-state index is 0.0501. The first-order chi connectivity index (χ1) is 15.0. The van der Waals surface area contributed by atoms with E-state index < -0.39 is 0 Å². The number of nitrogens with zero attached hydrogens (tertiary/aromatic N) is 3. The monoisotopic (exact) mass is 423 g/mol.